The van der Waals surface area contributed by atoms with E-state index >= 15 is 0 Å². The summed E-state index contributed by atoms with van der Waals surface area (Å²) in [5, 5.41) is 10.4. The van der Waals surface area contributed by atoms with Crippen molar-refractivity contribution in [3.8, 4) is 23.0 Å². The van der Waals surface area contributed by atoms with Crippen molar-refractivity contribution in [3.05, 3.63) is 47.5 Å². The zero-order valence-corrected chi connectivity index (χ0v) is 17.3. The molecular formula is C21H28ClNO5. The van der Waals surface area contributed by atoms with Crippen LogP contribution in [0.5, 0.6) is 23.0 Å². The van der Waals surface area contributed by atoms with Gasteiger partial charge in [0.15, 0.2) is 11.5 Å². The van der Waals surface area contributed by atoms with Crippen LogP contribution in [-0.2, 0) is 13.0 Å². The normalized spacial score (nSPS) is 16.4. The first kappa shape index (κ1) is 22.1. The Bertz CT molecular complexity index is 745. The second-order valence-electron chi connectivity index (χ2n) is 6.73. The molecule has 1 heterocycles. The number of halogens is 1. The maximum Gasteiger partial charge on any atom is 0.203 e. The van der Waals surface area contributed by atoms with E-state index in [9.17, 15) is 5.11 Å². The number of aliphatic hydroxyl groups is 1. The van der Waals surface area contributed by atoms with Gasteiger partial charge in [-0.05, 0) is 5.56 Å². The summed E-state index contributed by atoms with van der Waals surface area (Å²) in [5.41, 5.74) is 2.79. The van der Waals surface area contributed by atoms with Crippen molar-refractivity contribution in [2.24, 2.45) is 0 Å². The first-order valence-electron chi connectivity index (χ1n) is 9.15. The molecule has 2 N–H and O–H groups in total. The lowest BCUT2D eigenvalue weighted by atomic mass is 10.00. The highest BCUT2D eigenvalue weighted by molar-refractivity contribution is 5.55. The molecule has 1 aliphatic rings. The summed E-state index contributed by atoms with van der Waals surface area (Å²) in [7, 11) is 4.69. The molecule has 154 valence electrons. The van der Waals surface area contributed by atoms with Crippen molar-refractivity contribution in [1.82, 2.24) is 0 Å². The van der Waals surface area contributed by atoms with Gasteiger partial charge in [-0.1, -0.05) is 24.3 Å². The Kier molecular flexibility index (Phi) is 8.23. The van der Waals surface area contributed by atoms with Gasteiger partial charge in [-0.2, -0.15) is 0 Å². The summed E-state index contributed by atoms with van der Waals surface area (Å²) >= 11 is 0. The molecule has 0 amide bonds. The van der Waals surface area contributed by atoms with Crippen LogP contribution < -0.4 is 36.3 Å². The molecule has 3 rings (SSSR count). The number of nitrogens with one attached hydrogen (secondary N) is 1. The molecular weight excluding hydrogens is 382 g/mol. The number of hydrogen-bond donors (Lipinski definition) is 2. The molecule has 0 spiro atoms. The molecule has 0 saturated heterocycles. The highest BCUT2D eigenvalue weighted by atomic mass is 35.5. The number of benzene rings is 2. The zero-order chi connectivity index (χ0) is 19.2. The number of fused-ring (bicyclic) bond motifs is 1. The highest BCUT2D eigenvalue weighted by Crippen LogP contribution is 2.40. The fourth-order valence-electron chi connectivity index (χ4n) is 3.54. The standard InChI is InChI=1S/C21H27NO5.ClH/c1-24-19-10-18(11-20(25-2)21(19)26-3)27-14-17(23)13-22-9-8-15-6-4-5-7-16(15)12-22;/h4-7,10-11,17,23H,8-9,12-14H2,1-3H3;1H. The average Bonchev–Trinajstić information content (AvgIpc) is 2.71. The molecule has 0 saturated carbocycles. The van der Waals surface area contributed by atoms with Crippen LogP contribution in [0, 0.1) is 0 Å². The SMILES string of the molecule is COc1cc(OCC(O)C[NH+]2CCc3ccccc3C2)cc(OC)c1OC.[Cl-]. The van der Waals surface area contributed by atoms with E-state index in [0.717, 1.165) is 19.5 Å². The Morgan fingerprint density at radius 3 is 2.25 bits per heavy atom. The van der Waals surface area contributed by atoms with Crippen molar-refractivity contribution in [2.75, 3.05) is 41.0 Å². The van der Waals surface area contributed by atoms with E-state index in [1.165, 1.54) is 16.0 Å². The van der Waals surface area contributed by atoms with E-state index in [-0.39, 0.29) is 19.0 Å². The predicted octanol–water partition coefficient (Wildman–Crippen LogP) is -1.90. The summed E-state index contributed by atoms with van der Waals surface area (Å²) in [6, 6.07) is 12.0. The number of quaternary nitrogens is 1. The fourth-order valence-corrected chi connectivity index (χ4v) is 3.54. The number of aliphatic hydroxyl groups excluding tert-OH is 1. The third-order valence-corrected chi connectivity index (χ3v) is 4.91. The first-order chi connectivity index (χ1) is 13.1. The van der Waals surface area contributed by atoms with Crippen LogP contribution in [-0.4, -0.2) is 52.2 Å². The lowest BCUT2D eigenvalue weighted by Gasteiger charge is -2.27. The van der Waals surface area contributed by atoms with Gasteiger partial charge < -0.3 is 41.4 Å². The minimum absolute atomic E-state index is 0. The Labute approximate surface area is 172 Å². The Morgan fingerprint density at radius 2 is 1.64 bits per heavy atom. The van der Waals surface area contributed by atoms with Crippen LogP contribution in [0.25, 0.3) is 0 Å². The topological polar surface area (TPSA) is 61.6 Å². The van der Waals surface area contributed by atoms with E-state index in [2.05, 4.69) is 24.3 Å². The fraction of sp³-hybridized carbons (Fsp3) is 0.429. The quantitative estimate of drug-likeness (QED) is 0.533. The average molecular weight is 410 g/mol. The van der Waals surface area contributed by atoms with E-state index in [1.54, 1.807) is 33.5 Å². The molecule has 28 heavy (non-hydrogen) atoms. The zero-order valence-electron chi connectivity index (χ0n) is 16.5. The van der Waals surface area contributed by atoms with Crippen molar-refractivity contribution in [3.63, 3.8) is 0 Å². The monoisotopic (exact) mass is 409 g/mol. The maximum absolute atomic E-state index is 10.4. The Morgan fingerprint density at radius 1 is 1.00 bits per heavy atom. The highest BCUT2D eigenvalue weighted by Gasteiger charge is 2.22. The maximum atomic E-state index is 10.4. The summed E-state index contributed by atoms with van der Waals surface area (Å²) in [4.78, 5) is 1.37. The minimum Gasteiger partial charge on any atom is -1.00 e. The van der Waals surface area contributed by atoms with E-state index < -0.39 is 6.10 Å². The van der Waals surface area contributed by atoms with Gasteiger partial charge in [0.05, 0.1) is 27.9 Å². The summed E-state index contributed by atoms with van der Waals surface area (Å²) in [6.07, 6.45) is 0.496. The summed E-state index contributed by atoms with van der Waals surface area (Å²) in [6.45, 7) is 2.83. The van der Waals surface area contributed by atoms with E-state index in [0.29, 0.717) is 29.5 Å². The van der Waals surface area contributed by atoms with E-state index in [1.807, 2.05) is 0 Å². The largest absolute Gasteiger partial charge is 1.00 e. The molecule has 2 unspecified atom stereocenters. The number of rotatable bonds is 8. The second-order valence-corrected chi connectivity index (χ2v) is 6.73. The lowest BCUT2D eigenvalue weighted by molar-refractivity contribution is -0.918. The van der Waals surface area contributed by atoms with Crippen LogP contribution >= 0.6 is 0 Å². The first-order valence-corrected chi connectivity index (χ1v) is 9.15. The molecule has 2 aromatic rings. The molecule has 0 radical (unpaired) electrons. The Hall–Kier alpha value is -2.15. The van der Waals surface area contributed by atoms with Gasteiger partial charge in [-0.15, -0.1) is 0 Å². The minimum atomic E-state index is -0.552. The van der Waals surface area contributed by atoms with Crippen LogP contribution in [0.15, 0.2) is 36.4 Å². The van der Waals surface area contributed by atoms with E-state index in [4.69, 9.17) is 18.9 Å². The second kappa shape index (κ2) is 10.4. The predicted molar refractivity (Wildman–Crippen MR) is 102 cm³/mol. The summed E-state index contributed by atoms with van der Waals surface area (Å²) in [5.74, 6) is 2.14. The molecule has 0 fully saturated rings. The van der Waals surface area contributed by atoms with Crippen LogP contribution in [0.1, 0.15) is 11.1 Å². The summed E-state index contributed by atoms with van der Waals surface area (Å²) < 4.78 is 21.8. The van der Waals surface area contributed by atoms with Crippen molar-refractivity contribution < 1.29 is 41.4 Å². The van der Waals surface area contributed by atoms with Gasteiger partial charge in [0, 0.05) is 24.1 Å². The van der Waals surface area contributed by atoms with Gasteiger partial charge >= 0.3 is 0 Å². The number of methoxy groups -OCH3 is 3. The molecule has 6 nitrogen and oxygen atoms in total. The Balaban J connectivity index is 0.00000280. The molecule has 0 aliphatic carbocycles. The van der Waals surface area contributed by atoms with Crippen LogP contribution in [0.3, 0.4) is 0 Å². The number of hydrogen-bond acceptors (Lipinski definition) is 5. The molecule has 0 bridgehead atoms. The molecule has 2 aromatic carbocycles. The smallest absolute Gasteiger partial charge is 0.203 e. The van der Waals surface area contributed by atoms with Gasteiger partial charge in [0.25, 0.3) is 0 Å². The molecule has 7 heteroatoms. The van der Waals surface area contributed by atoms with Crippen molar-refractivity contribution >= 4 is 0 Å². The van der Waals surface area contributed by atoms with Crippen molar-refractivity contribution in [2.45, 2.75) is 19.1 Å². The molecule has 0 aromatic heterocycles. The third kappa shape index (κ3) is 5.22. The van der Waals surface area contributed by atoms with Gasteiger partial charge in [0.2, 0.25) is 5.75 Å². The van der Waals surface area contributed by atoms with Crippen LogP contribution in [0.2, 0.25) is 0 Å². The van der Waals surface area contributed by atoms with Gasteiger partial charge in [0.1, 0.15) is 31.5 Å². The van der Waals surface area contributed by atoms with Gasteiger partial charge in [-0.25, -0.2) is 0 Å². The molecule has 1 aliphatic heterocycles. The third-order valence-electron chi connectivity index (χ3n) is 4.91. The lowest BCUT2D eigenvalue weighted by Crippen LogP contribution is -3.13. The molecule has 2 atom stereocenters. The van der Waals surface area contributed by atoms with Crippen molar-refractivity contribution in [1.29, 1.82) is 0 Å². The number of ether oxygens (including phenoxy) is 4. The van der Waals surface area contributed by atoms with Crippen LogP contribution in [0.4, 0.5) is 0 Å². The van der Waals surface area contributed by atoms with Gasteiger partial charge in [-0.3, -0.25) is 0 Å².